The molecule has 0 aliphatic heterocycles. The Hall–Kier alpha value is -1.41. The Morgan fingerprint density at radius 3 is 2.46 bits per heavy atom. The smallest absolute Gasteiger partial charge is 0.240 e. The summed E-state index contributed by atoms with van der Waals surface area (Å²) in [6.45, 7) is 2.14. The van der Waals surface area contributed by atoms with Gasteiger partial charge in [0.05, 0.1) is 22.0 Å². The lowest BCUT2D eigenvalue weighted by atomic mass is 10.2. The number of hydrogen-bond acceptors (Lipinski definition) is 4. The van der Waals surface area contributed by atoms with E-state index in [-0.39, 0.29) is 22.3 Å². The average Bonchev–Trinajstić information content (AvgIpc) is 2.63. The normalized spacial score (nSPS) is 11.3. The molecule has 2 aromatic carbocycles. The first-order valence-electron chi connectivity index (χ1n) is 8.56. The molecule has 0 unspecified atom stereocenters. The van der Waals surface area contributed by atoms with Crippen molar-refractivity contribution in [3.05, 3.63) is 58.1 Å². The monoisotopic (exact) mass is 460 g/mol. The van der Waals surface area contributed by atoms with Gasteiger partial charge in [-0.25, -0.2) is 8.42 Å². The average molecular weight is 461 g/mol. The second-order valence-corrected chi connectivity index (χ2v) is 10.1. The zero-order valence-corrected chi connectivity index (χ0v) is 18.8. The van der Waals surface area contributed by atoms with Crippen LogP contribution in [0.5, 0.6) is 0 Å². The zero-order valence-electron chi connectivity index (χ0n) is 15.6. The maximum Gasteiger partial charge on any atom is 0.240 e. The first kappa shape index (κ1) is 22.9. The van der Waals surface area contributed by atoms with Gasteiger partial charge in [-0.2, -0.15) is 0 Å². The number of halogens is 2. The number of thioether (sulfide) groups is 1. The molecule has 0 aliphatic carbocycles. The number of aryl methyl sites for hydroxylation is 1. The summed E-state index contributed by atoms with van der Waals surface area (Å²) in [6, 6.07) is 12.9. The Morgan fingerprint density at radius 2 is 1.82 bits per heavy atom. The van der Waals surface area contributed by atoms with Crippen LogP contribution in [-0.2, 0) is 14.8 Å². The van der Waals surface area contributed by atoms with Crippen LogP contribution in [0, 0.1) is 6.92 Å². The van der Waals surface area contributed by atoms with Gasteiger partial charge in [-0.05, 0) is 43.4 Å². The van der Waals surface area contributed by atoms with E-state index in [1.54, 1.807) is 23.9 Å². The fourth-order valence-electron chi connectivity index (χ4n) is 2.38. The van der Waals surface area contributed by atoms with Gasteiger partial charge in [-0.3, -0.25) is 9.10 Å². The Morgan fingerprint density at radius 1 is 1.14 bits per heavy atom. The number of carbonyl (C=O) groups is 1. The standard InChI is InChI=1S/C19H22Cl2N2O3S2/c1-14-7-9-15(10-8-14)27-12-4-11-22-18(24)13-23(28(2,25)26)17-6-3-5-16(20)19(17)21/h3,5-10H,4,11-13H2,1-2H3,(H,22,24). The van der Waals surface area contributed by atoms with E-state index in [1.807, 2.05) is 6.92 Å². The number of anilines is 1. The van der Waals surface area contributed by atoms with Crippen LogP contribution in [0.2, 0.25) is 10.0 Å². The molecular weight excluding hydrogens is 439 g/mol. The number of nitrogens with one attached hydrogen (secondary N) is 1. The van der Waals surface area contributed by atoms with Crippen molar-refractivity contribution in [1.82, 2.24) is 5.32 Å². The quantitative estimate of drug-likeness (QED) is 0.445. The Kier molecular flexibility index (Phi) is 8.49. The summed E-state index contributed by atoms with van der Waals surface area (Å²) in [5.74, 6) is 0.445. The predicted octanol–water partition coefficient (Wildman–Crippen LogP) is 4.37. The molecule has 0 saturated carbocycles. The highest BCUT2D eigenvalue weighted by Gasteiger charge is 2.23. The molecule has 2 rings (SSSR count). The van der Waals surface area contributed by atoms with Gasteiger partial charge < -0.3 is 5.32 Å². The van der Waals surface area contributed by atoms with Crippen LogP contribution < -0.4 is 9.62 Å². The van der Waals surface area contributed by atoms with Gasteiger partial charge >= 0.3 is 0 Å². The SMILES string of the molecule is Cc1ccc(SCCCNC(=O)CN(c2cccc(Cl)c2Cl)S(C)(=O)=O)cc1. The molecule has 9 heteroatoms. The highest BCUT2D eigenvalue weighted by atomic mass is 35.5. The van der Waals surface area contributed by atoms with E-state index in [4.69, 9.17) is 23.2 Å². The summed E-state index contributed by atoms with van der Waals surface area (Å²) in [6.07, 6.45) is 1.79. The molecule has 0 heterocycles. The number of carbonyl (C=O) groups excluding carboxylic acids is 1. The van der Waals surface area contributed by atoms with Gasteiger partial charge in [0.15, 0.2) is 0 Å². The number of benzene rings is 2. The van der Waals surface area contributed by atoms with Crippen LogP contribution in [-0.4, -0.2) is 39.4 Å². The highest BCUT2D eigenvalue weighted by Crippen LogP contribution is 2.33. The molecule has 0 aromatic heterocycles. The van der Waals surface area contributed by atoms with Crippen LogP contribution in [0.4, 0.5) is 5.69 Å². The van der Waals surface area contributed by atoms with E-state index in [2.05, 4.69) is 29.6 Å². The molecule has 0 saturated heterocycles. The molecule has 0 bridgehead atoms. The van der Waals surface area contributed by atoms with E-state index >= 15 is 0 Å². The molecule has 2 aromatic rings. The molecule has 1 amide bonds. The summed E-state index contributed by atoms with van der Waals surface area (Å²) in [5, 5.41) is 3.07. The summed E-state index contributed by atoms with van der Waals surface area (Å²) in [4.78, 5) is 13.4. The Balaban J connectivity index is 1.87. The Labute approximate surface area is 180 Å². The van der Waals surface area contributed by atoms with Gasteiger partial charge in [0.1, 0.15) is 6.54 Å². The third-order valence-electron chi connectivity index (χ3n) is 3.82. The van der Waals surface area contributed by atoms with Crippen LogP contribution in [0.25, 0.3) is 0 Å². The van der Waals surface area contributed by atoms with Gasteiger partial charge in [-0.15, -0.1) is 11.8 Å². The van der Waals surface area contributed by atoms with Gasteiger partial charge in [0.25, 0.3) is 0 Å². The minimum Gasteiger partial charge on any atom is -0.354 e. The van der Waals surface area contributed by atoms with Crippen molar-refractivity contribution < 1.29 is 13.2 Å². The van der Waals surface area contributed by atoms with E-state index in [0.717, 1.165) is 22.7 Å². The minimum atomic E-state index is -3.70. The van der Waals surface area contributed by atoms with Gasteiger partial charge in [-0.1, -0.05) is 47.0 Å². The minimum absolute atomic E-state index is 0.0943. The second kappa shape index (κ2) is 10.4. The van der Waals surface area contributed by atoms with Crippen LogP contribution in [0.3, 0.4) is 0 Å². The van der Waals surface area contributed by atoms with E-state index in [9.17, 15) is 13.2 Å². The van der Waals surface area contributed by atoms with Crippen LogP contribution >= 0.6 is 35.0 Å². The van der Waals surface area contributed by atoms with Crippen molar-refractivity contribution >= 4 is 56.6 Å². The number of sulfonamides is 1. The maximum atomic E-state index is 12.2. The molecule has 1 N–H and O–H groups in total. The highest BCUT2D eigenvalue weighted by molar-refractivity contribution is 7.99. The Bertz CT molecular complexity index is 919. The third kappa shape index (κ3) is 6.88. The fourth-order valence-corrected chi connectivity index (χ4v) is 4.54. The third-order valence-corrected chi connectivity index (χ3v) is 6.85. The van der Waals surface area contributed by atoms with Crippen molar-refractivity contribution in [3.8, 4) is 0 Å². The second-order valence-electron chi connectivity index (χ2n) is 6.21. The molecule has 0 spiro atoms. The fraction of sp³-hybridized carbons (Fsp3) is 0.316. The zero-order chi connectivity index (χ0) is 20.7. The molecule has 0 aliphatic rings. The molecule has 0 fully saturated rings. The summed E-state index contributed by atoms with van der Waals surface area (Å²) < 4.78 is 25.2. The molecule has 0 radical (unpaired) electrons. The first-order chi connectivity index (χ1) is 13.2. The number of rotatable bonds is 9. The van der Waals surface area contributed by atoms with Crippen molar-refractivity contribution in [1.29, 1.82) is 0 Å². The van der Waals surface area contributed by atoms with Gasteiger partial charge in [0, 0.05) is 11.4 Å². The molecule has 28 heavy (non-hydrogen) atoms. The largest absolute Gasteiger partial charge is 0.354 e. The molecular formula is C19H22Cl2N2O3S2. The lowest BCUT2D eigenvalue weighted by Gasteiger charge is -2.23. The summed E-state index contributed by atoms with van der Waals surface area (Å²) in [5.41, 5.74) is 1.40. The van der Waals surface area contributed by atoms with Crippen molar-refractivity contribution in [2.24, 2.45) is 0 Å². The summed E-state index contributed by atoms with van der Waals surface area (Å²) >= 11 is 13.8. The van der Waals surface area contributed by atoms with E-state index < -0.39 is 15.9 Å². The number of hydrogen-bond donors (Lipinski definition) is 1. The van der Waals surface area contributed by atoms with Crippen molar-refractivity contribution in [2.45, 2.75) is 18.2 Å². The first-order valence-corrected chi connectivity index (χ1v) is 12.2. The van der Waals surface area contributed by atoms with Crippen LogP contribution in [0.1, 0.15) is 12.0 Å². The van der Waals surface area contributed by atoms with E-state index in [1.165, 1.54) is 16.5 Å². The maximum absolute atomic E-state index is 12.2. The molecule has 152 valence electrons. The molecule has 0 atom stereocenters. The van der Waals surface area contributed by atoms with Gasteiger partial charge in [0.2, 0.25) is 15.9 Å². The van der Waals surface area contributed by atoms with E-state index in [0.29, 0.717) is 6.54 Å². The number of nitrogens with zero attached hydrogens (tertiary/aromatic N) is 1. The lowest BCUT2D eigenvalue weighted by molar-refractivity contribution is -0.119. The van der Waals surface area contributed by atoms with Crippen molar-refractivity contribution in [2.75, 3.05) is 29.4 Å². The molecule has 5 nitrogen and oxygen atoms in total. The van der Waals surface area contributed by atoms with Crippen LogP contribution in [0.15, 0.2) is 47.4 Å². The van der Waals surface area contributed by atoms with Crippen molar-refractivity contribution in [3.63, 3.8) is 0 Å². The lowest BCUT2D eigenvalue weighted by Crippen LogP contribution is -2.40. The predicted molar refractivity (Wildman–Crippen MR) is 118 cm³/mol. The summed E-state index contributed by atoms with van der Waals surface area (Å²) in [7, 11) is -3.70. The number of amides is 1. The topological polar surface area (TPSA) is 66.5 Å².